The molecule has 0 radical (unpaired) electrons. The molecule has 0 atom stereocenters. The van der Waals surface area contributed by atoms with Crippen molar-refractivity contribution in [1.82, 2.24) is 0 Å². The molecule has 0 fully saturated rings. The molecule has 4 N–H and O–H groups in total. The van der Waals surface area contributed by atoms with E-state index in [4.69, 9.17) is 20.4 Å². The van der Waals surface area contributed by atoms with E-state index in [-0.39, 0.29) is 29.6 Å². The van der Waals surface area contributed by atoms with Gasteiger partial charge in [0.1, 0.15) is 6.61 Å². The van der Waals surface area contributed by atoms with Crippen molar-refractivity contribution in [3.05, 3.63) is 0 Å². The van der Waals surface area contributed by atoms with E-state index < -0.39 is 49.6 Å². The second kappa shape index (κ2) is 9.25. The predicted molar refractivity (Wildman–Crippen MR) is 56.1 cm³/mol. The zero-order valence-electron chi connectivity index (χ0n) is 8.66. The Morgan fingerprint density at radius 2 is 1.44 bits per heavy atom. The zero-order valence-corrected chi connectivity index (χ0v) is 8.66. The molecule has 0 spiro atoms. The third-order valence-electron chi connectivity index (χ3n) is 1.66. The normalized spacial score (nSPS) is 10.5. The van der Waals surface area contributed by atoms with E-state index in [0.29, 0.717) is 0 Å². The molecular formula is C8H13NaO9. The topological polar surface area (TPSA) is 151 Å². The molecule has 0 heterocycles. The van der Waals surface area contributed by atoms with E-state index in [1.54, 1.807) is 0 Å². The van der Waals surface area contributed by atoms with Crippen LogP contribution in [0.2, 0.25) is 0 Å². The van der Waals surface area contributed by atoms with Crippen LogP contribution in [0.15, 0.2) is 0 Å². The van der Waals surface area contributed by atoms with E-state index in [1.807, 2.05) is 0 Å². The molecule has 0 aromatic carbocycles. The summed E-state index contributed by atoms with van der Waals surface area (Å²) in [5, 5.41) is 34.3. The Hall–Kier alpha value is -0.710. The van der Waals surface area contributed by atoms with Crippen molar-refractivity contribution >= 4 is 47.5 Å². The van der Waals surface area contributed by atoms with Crippen LogP contribution in [0.25, 0.3) is 0 Å². The van der Waals surface area contributed by atoms with Crippen molar-refractivity contribution in [3.63, 3.8) is 0 Å². The minimum atomic E-state index is -2.52. The van der Waals surface area contributed by atoms with Gasteiger partial charge in [0.15, 0.2) is 0 Å². The van der Waals surface area contributed by atoms with E-state index in [1.165, 1.54) is 0 Å². The Kier molecular flexibility index (Phi) is 10.1. The molecule has 0 aliphatic carbocycles. The summed E-state index contributed by atoms with van der Waals surface area (Å²) in [4.78, 5) is 40.5. The molecule has 0 aliphatic heterocycles. The monoisotopic (exact) mass is 276 g/mol. The van der Waals surface area contributed by atoms with E-state index in [9.17, 15) is 14.4 Å². The zero-order chi connectivity index (χ0) is 13.5. The molecule has 0 rings (SSSR count). The first-order chi connectivity index (χ1) is 7.84. The maximum atomic E-state index is 10.9. The fraction of sp³-hybridized carbons (Fsp3) is 0.625. The predicted octanol–water partition coefficient (Wildman–Crippen LogP) is -1.95. The summed E-state index contributed by atoms with van der Waals surface area (Å²) in [5.41, 5.74) is -2.52. The molecule has 0 saturated carbocycles. The molecule has 9 nitrogen and oxygen atoms in total. The molecule has 0 aliphatic rings. The SMILES string of the molecule is O=C(O)CC(CC(=O)O)(OOCCO)C(=O)O.[NaH]. The number of carboxylic acids is 3. The number of rotatable bonds is 9. The number of carbonyl (C=O) groups is 3. The molecule has 0 unspecified atom stereocenters. The van der Waals surface area contributed by atoms with Gasteiger partial charge >= 0.3 is 47.5 Å². The van der Waals surface area contributed by atoms with Gasteiger partial charge in [-0.2, -0.15) is 0 Å². The average molecular weight is 276 g/mol. The summed E-state index contributed by atoms with van der Waals surface area (Å²) in [6.07, 6.45) is -2.17. The Morgan fingerprint density at radius 1 is 1.00 bits per heavy atom. The van der Waals surface area contributed by atoms with Crippen molar-refractivity contribution in [2.75, 3.05) is 13.2 Å². The van der Waals surface area contributed by atoms with Crippen LogP contribution < -0.4 is 0 Å². The summed E-state index contributed by atoms with van der Waals surface area (Å²) < 4.78 is 0. The van der Waals surface area contributed by atoms with Gasteiger partial charge in [0.2, 0.25) is 5.60 Å². The Balaban J connectivity index is 0. The molecule has 0 aromatic rings. The Bertz CT molecular complexity index is 287. The second-order valence-corrected chi connectivity index (χ2v) is 3.07. The van der Waals surface area contributed by atoms with Crippen LogP contribution in [0.5, 0.6) is 0 Å². The molecule has 0 saturated heterocycles. The van der Waals surface area contributed by atoms with Gasteiger partial charge in [-0.1, -0.05) is 0 Å². The molecule has 0 aromatic heterocycles. The number of carboxylic acid groups (broad SMARTS) is 3. The standard InChI is InChI=1S/C8H12O9.Na.H/c9-1-2-16-17-8(7(14)15,3-5(10)11)4-6(12)13;;/h9H,1-4H2,(H,10,11)(H,12,13)(H,14,15);;. The fourth-order valence-corrected chi connectivity index (χ4v) is 0.989. The summed E-state index contributed by atoms with van der Waals surface area (Å²) in [6.45, 7) is -0.899. The molecule has 0 amide bonds. The number of hydrogen-bond acceptors (Lipinski definition) is 6. The third kappa shape index (κ3) is 6.89. The van der Waals surface area contributed by atoms with Crippen LogP contribution in [0.4, 0.5) is 0 Å². The average Bonchev–Trinajstić information content (AvgIpc) is 2.15. The Morgan fingerprint density at radius 3 is 1.72 bits per heavy atom. The van der Waals surface area contributed by atoms with Crippen LogP contribution in [-0.4, -0.2) is 86.7 Å². The first-order valence-corrected chi connectivity index (χ1v) is 4.42. The van der Waals surface area contributed by atoms with Gasteiger partial charge in [0.25, 0.3) is 0 Å². The van der Waals surface area contributed by atoms with Crippen LogP contribution in [0, 0.1) is 0 Å². The first kappa shape index (κ1) is 19.6. The van der Waals surface area contributed by atoms with E-state index >= 15 is 0 Å². The minimum absolute atomic E-state index is 0. The molecule has 0 bridgehead atoms. The van der Waals surface area contributed by atoms with Gasteiger partial charge in [-0.15, -0.1) is 0 Å². The van der Waals surface area contributed by atoms with Crippen molar-refractivity contribution in [2.45, 2.75) is 18.4 Å². The van der Waals surface area contributed by atoms with Crippen molar-refractivity contribution < 1.29 is 44.6 Å². The van der Waals surface area contributed by atoms with E-state index in [2.05, 4.69) is 9.78 Å². The van der Waals surface area contributed by atoms with Crippen LogP contribution >= 0.6 is 0 Å². The number of aliphatic hydroxyl groups excluding tert-OH is 1. The quantitative estimate of drug-likeness (QED) is 0.163. The molecule has 18 heavy (non-hydrogen) atoms. The van der Waals surface area contributed by atoms with Crippen molar-refractivity contribution in [3.8, 4) is 0 Å². The Labute approximate surface area is 124 Å². The fourth-order valence-electron chi connectivity index (χ4n) is 0.989. The maximum absolute atomic E-state index is 10.9. The molecule has 100 valence electrons. The van der Waals surface area contributed by atoms with Gasteiger partial charge in [-0.25, -0.2) is 14.6 Å². The van der Waals surface area contributed by atoms with Gasteiger partial charge < -0.3 is 20.4 Å². The summed E-state index contributed by atoms with van der Waals surface area (Å²) >= 11 is 0. The second-order valence-electron chi connectivity index (χ2n) is 3.07. The third-order valence-corrected chi connectivity index (χ3v) is 1.66. The molecular weight excluding hydrogens is 263 g/mol. The summed E-state index contributed by atoms with van der Waals surface area (Å²) in [5.74, 6) is -4.89. The van der Waals surface area contributed by atoms with Gasteiger partial charge in [-0.3, -0.25) is 9.59 Å². The van der Waals surface area contributed by atoms with Crippen molar-refractivity contribution in [2.24, 2.45) is 0 Å². The number of aliphatic carboxylic acids is 3. The van der Waals surface area contributed by atoms with Crippen LogP contribution in [0.3, 0.4) is 0 Å². The summed E-state index contributed by atoms with van der Waals surface area (Å²) in [7, 11) is 0. The van der Waals surface area contributed by atoms with Gasteiger partial charge in [0, 0.05) is 0 Å². The van der Waals surface area contributed by atoms with Gasteiger partial charge in [-0.05, 0) is 0 Å². The van der Waals surface area contributed by atoms with Crippen LogP contribution in [0.1, 0.15) is 12.8 Å². The summed E-state index contributed by atoms with van der Waals surface area (Å²) in [6, 6.07) is 0. The first-order valence-electron chi connectivity index (χ1n) is 4.42. The molecule has 10 heteroatoms. The van der Waals surface area contributed by atoms with Crippen molar-refractivity contribution in [1.29, 1.82) is 0 Å². The number of hydrogen-bond donors (Lipinski definition) is 4. The van der Waals surface area contributed by atoms with E-state index in [0.717, 1.165) is 0 Å². The number of aliphatic hydroxyl groups is 1. The van der Waals surface area contributed by atoms with Crippen LogP contribution in [-0.2, 0) is 24.2 Å². The van der Waals surface area contributed by atoms with Gasteiger partial charge in [0.05, 0.1) is 19.4 Å².